The normalized spacial score (nSPS) is 14.6. The molecule has 1 aliphatic rings. The van der Waals surface area contributed by atoms with Crippen LogP contribution in [-0.4, -0.2) is 65.1 Å². The fraction of sp³-hybridized carbons (Fsp3) is 0.333. The van der Waals surface area contributed by atoms with Crippen molar-refractivity contribution in [3.8, 4) is 0 Å². The minimum atomic E-state index is -0.354. The zero-order valence-electron chi connectivity index (χ0n) is 16.1. The van der Waals surface area contributed by atoms with Crippen LogP contribution in [0.4, 0.5) is 5.69 Å². The van der Waals surface area contributed by atoms with Gasteiger partial charge in [-0.25, -0.2) is 0 Å². The zero-order chi connectivity index (χ0) is 20.1. The highest BCUT2D eigenvalue weighted by Gasteiger charge is 2.23. The molecule has 1 saturated heterocycles. The predicted molar refractivity (Wildman–Crippen MR) is 107 cm³/mol. The second-order valence-corrected chi connectivity index (χ2v) is 6.75. The fourth-order valence-electron chi connectivity index (χ4n) is 3.14. The van der Waals surface area contributed by atoms with Crippen molar-refractivity contribution in [1.82, 2.24) is 14.8 Å². The topological polar surface area (TPSA) is 82.6 Å². The number of amides is 2. The van der Waals surface area contributed by atoms with E-state index in [1.807, 2.05) is 0 Å². The van der Waals surface area contributed by atoms with E-state index in [0.717, 1.165) is 19.6 Å². The van der Waals surface area contributed by atoms with E-state index in [2.05, 4.69) is 22.1 Å². The standard InChI is InChI=1S/C21H24N4O3/c1-3-24-9-11-25(12-10-24)21(28)19-14-17(7-8-22-19)20(27)23-18-6-4-5-16(13-18)15(2)26/h4-8,13-14H,3,9-12H2,1-2H3,(H,23,27). The Hall–Kier alpha value is -3.06. The predicted octanol–water partition coefficient (Wildman–Crippen LogP) is 2.31. The lowest BCUT2D eigenvalue weighted by molar-refractivity contribution is 0.0637. The summed E-state index contributed by atoms with van der Waals surface area (Å²) in [5.74, 6) is -0.590. The number of aromatic nitrogens is 1. The van der Waals surface area contributed by atoms with Crippen molar-refractivity contribution in [2.45, 2.75) is 13.8 Å². The summed E-state index contributed by atoms with van der Waals surface area (Å²) >= 11 is 0. The van der Waals surface area contributed by atoms with Crippen LogP contribution in [0.5, 0.6) is 0 Å². The molecule has 2 aromatic rings. The van der Waals surface area contributed by atoms with Gasteiger partial charge in [0, 0.05) is 49.2 Å². The lowest BCUT2D eigenvalue weighted by Gasteiger charge is -2.33. The van der Waals surface area contributed by atoms with Gasteiger partial charge in [0.2, 0.25) is 0 Å². The van der Waals surface area contributed by atoms with E-state index in [1.165, 1.54) is 19.2 Å². The number of nitrogens with one attached hydrogen (secondary N) is 1. The Morgan fingerprint density at radius 1 is 1.04 bits per heavy atom. The third kappa shape index (κ3) is 4.61. The number of hydrogen-bond donors (Lipinski definition) is 1. The summed E-state index contributed by atoms with van der Waals surface area (Å²) in [7, 11) is 0. The van der Waals surface area contributed by atoms with Crippen LogP contribution in [0.2, 0.25) is 0 Å². The van der Waals surface area contributed by atoms with Gasteiger partial charge in [-0.05, 0) is 37.7 Å². The number of hydrogen-bond acceptors (Lipinski definition) is 5. The van der Waals surface area contributed by atoms with Gasteiger partial charge in [-0.1, -0.05) is 19.1 Å². The van der Waals surface area contributed by atoms with Crippen LogP contribution in [-0.2, 0) is 0 Å². The monoisotopic (exact) mass is 380 g/mol. The van der Waals surface area contributed by atoms with E-state index < -0.39 is 0 Å². The second-order valence-electron chi connectivity index (χ2n) is 6.75. The Bertz CT molecular complexity index is 889. The summed E-state index contributed by atoms with van der Waals surface area (Å²) in [6, 6.07) is 9.82. The first kappa shape index (κ1) is 19.7. The Labute approximate surface area is 164 Å². The molecule has 2 amide bonds. The van der Waals surface area contributed by atoms with Gasteiger partial charge in [0.1, 0.15) is 5.69 Å². The van der Waals surface area contributed by atoms with Crippen molar-refractivity contribution < 1.29 is 14.4 Å². The smallest absolute Gasteiger partial charge is 0.272 e. The molecule has 1 aliphatic heterocycles. The number of anilines is 1. The molecular formula is C21H24N4O3. The highest BCUT2D eigenvalue weighted by Crippen LogP contribution is 2.14. The molecule has 0 atom stereocenters. The van der Waals surface area contributed by atoms with E-state index in [0.29, 0.717) is 29.9 Å². The van der Waals surface area contributed by atoms with Gasteiger partial charge in [0.05, 0.1) is 0 Å². The first-order valence-electron chi connectivity index (χ1n) is 9.38. The van der Waals surface area contributed by atoms with Gasteiger partial charge in [-0.2, -0.15) is 0 Å². The number of pyridine rings is 1. The van der Waals surface area contributed by atoms with Gasteiger partial charge in [0.25, 0.3) is 11.8 Å². The van der Waals surface area contributed by atoms with Crippen molar-refractivity contribution in [2.75, 3.05) is 38.0 Å². The summed E-state index contributed by atoms with van der Waals surface area (Å²) in [5, 5.41) is 2.76. The average Bonchev–Trinajstić information content (AvgIpc) is 2.73. The lowest BCUT2D eigenvalue weighted by Crippen LogP contribution is -2.48. The van der Waals surface area contributed by atoms with Crippen LogP contribution in [0.3, 0.4) is 0 Å². The SMILES string of the molecule is CCN1CCN(C(=O)c2cc(C(=O)Nc3cccc(C(C)=O)c3)ccn2)CC1. The van der Waals surface area contributed by atoms with Crippen LogP contribution >= 0.6 is 0 Å². The Morgan fingerprint density at radius 2 is 1.79 bits per heavy atom. The van der Waals surface area contributed by atoms with Crippen LogP contribution < -0.4 is 5.32 Å². The van der Waals surface area contributed by atoms with Crippen LogP contribution in [0.25, 0.3) is 0 Å². The maximum absolute atomic E-state index is 12.7. The third-order valence-electron chi connectivity index (χ3n) is 4.87. The molecule has 146 valence electrons. The second kappa shape index (κ2) is 8.75. The minimum absolute atomic E-state index is 0.0731. The number of likely N-dealkylation sites (N-methyl/N-ethyl adjacent to an activating group) is 1. The highest BCUT2D eigenvalue weighted by atomic mass is 16.2. The van der Waals surface area contributed by atoms with Crippen LogP contribution in [0.15, 0.2) is 42.6 Å². The summed E-state index contributed by atoms with van der Waals surface area (Å²) < 4.78 is 0. The molecule has 2 heterocycles. The average molecular weight is 380 g/mol. The maximum Gasteiger partial charge on any atom is 0.272 e. The third-order valence-corrected chi connectivity index (χ3v) is 4.87. The number of Topliss-reactive ketones (excluding diaryl/α,β-unsaturated/α-hetero) is 1. The molecule has 0 aliphatic carbocycles. The van der Waals surface area contributed by atoms with Gasteiger partial charge in [0.15, 0.2) is 5.78 Å². The van der Waals surface area contributed by atoms with Gasteiger partial charge in [-0.15, -0.1) is 0 Å². The minimum Gasteiger partial charge on any atom is -0.335 e. The lowest BCUT2D eigenvalue weighted by atomic mass is 10.1. The number of ketones is 1. The molecule has 1 aromatic carbocycles. The summed E-state index contributed by atoms with van der Waals surface area (Å²) in [4.78, 5) is 45.0. The first-order chi connectivity index (χ1) is 13.5. The summed E-state index contributed by atoms with van der Waals surface area (Å²) in [5.41, 5.74) is 1.65. The summed E-state index contributed by atoms with van der Waals surface area (Å²) in [6.07, 6.45) is 1.47. The fourth-order valence-corrected chi connectivity index (χ4v) is 3.14. The molecular weight excluding hydrogens is 356 g/mol. The van der Waals surface area contributed by atoms with Gasteiger partial charge in [-0.3, -0.25) is 19.4 Å². The van der Waals surface area contributed by atoms with Crippen molar-refractivity contribution in [2.24, 2.45) is 0 Å². The number of carbonyl (C=O) groups excluding carboxylic acids is 3. The number of carbonyl (C=O) groups is 3. The number of piperazine rings is 1. The van der Waals surface area contributed by atoms with Gasteiger partial charge < -0.3 is 15.1 Å². The Balaban J connectivity index is 1.70. The van der Waals surface area contributed by atoms with Crippen molar-refractivity contribution in [3.63, 3.8) is 0 Å². The van der Waals surface area contributed by atoms with Crippen molar-refractivity contribution in [1.29, 1.82) is 0 Å². The molecule has 1 aromatic heterocycles. The molecule has 0 saturated carbocycles. The number of rotatable bonds is 5. The molecule has 0 radical (unpaired) electrons. The van der Waals surface area contributed by atoms with Crippen LogP contribution in [0, 0.1) is 0 Å². The van der Waals surface area contributed by atoms with E-state index >= 15 is 0 Å². The largest absolute Gasteiger partial charge is 0.335 e. The molecule has 3 rings (SSSR count). The van der Waals surface area contributed by atoms with E-state index in [9.17, 15) is 14.4 Å². The first-order valence-corrected chi connectivity index (χ1v) is 9.38. The quantitative estimate of drug-likeness (QED) is 0.805. The molecule has 28 heavy (non-hydrogen) atoms. The van der Waals surface area contributed by atoms with Gasteiger partial charge >= 0.3 is 0 Å². The molecule has 1 N–H and O–H groups in total. The van der Waals surface area contributed by atoms with Crippen LogP contribution in [0.1, 0.15) is 45.1 Å². The summed E-state index contributed by atoms with van der Waals surface area (Å²) in [6.45, 7) is 7.55. The molecule has 1 fully saturated rings. The zero-order valence-corrected chi connectivity index (χ0v) is 16.1. The molecule has 7 nitrogen and oxygen atoms in total. The highest BCUT2D eigenvalue weighted by molar-refractivity contribution is 6.06. The molecule has 0 unspecified atom stereocenters. The molecule has 7 heteroatoms. The maximum atomic E-state index is 12.7. The Kier molecular flexibility index (Phi) is 6.16. The van der Waals surface area contributed by atoms with E-state index in [4.69, 9.17) is 0 Å². The van der Waals surface area contributed by atoms with Crippen molar-refractivity contribution >= 4 is 23.3 Å². The van der Waals surface area contributed by atoms with E-state index in [-0.39, 0.29) is 23.3 Å². The number of benzene rings is 1. The van der Waals surface area contributed by atoms with Crippen molar-refractivity contribution in [3.05, 3.63) is 59.4 Å². The Morgan fingerprint density at radius 3 is 2.46 bits per heavy atom. The molecule has 0 bridgehead atoms. The number of nitrogens with zero attached hydrogens (tertiary/aromatic N) is 3. The molecule has 0 spiro atoms. The van der Waals surface area contributed by atoms with E-state index in [1.54, 1.807) is 35.2 Å².